The van der Waals surface area contributed by atoms with Crippen LogP contribution in [0, 0.1) is 0 Å². The van der Waals surface area contributed by atoms with E-state index in [2.05, 4.69) is 5.23 Å². The van der Waals surface area contributed by atoms with E-state index in [1.807, 2.05) is 12.1 Å². The Kier molecular flexibility index (Phi) is 6.13. The normalized spacial score (nSPS) is 30.9. The summed E-state index contributed by atoms with van der Waals surface area (Å²) >= 11 is 0. The van der Waals surface area contributed by atoms with Crippen LogP contribution in [0.4, 0.5) is 0 Å². The monoisotopic (exact) mass is 451 g/mol. The van der Waals surface area contributed by atoms with Gasteiger partial charge in [0.25, 0.3) is 10.1 Å². The lowest BCUT2D eigenvalue weighted by Crippen LogP contribution is -3.04. The topological polar surface area (TPSA) is 107 Å². The second-order valence-electron chi connectivity index (χ2n) is 10.4. The first-order valence-electron chi connectivity index (χ1n) is 11.5. The lowest BCUT2D eigenvalue weighted by atomic mass is 9.28. The molecule has 2 bridgehead atoms. The highest BCUT2D eigenvalue weighted by atomic mass is 32.2. The summed E-state index contributed by atoms with van der Waals surface area (Å²) in [6.07, 6.45) is 8.84. The molecule has 31 heavy (non-hydrogen) atoms. The van der Waals surface area contributed by atoms with Crippen molar-refractivity contribution < 1.29 is 32.4 Å². The molecular weight excluding hydrogens is 417 g/mol. The molecule has 0 amide bonds. The second kappa shape index (κ2) is 8.41. The maximum atomic E-state index is 12.7. The third-order valence-electron chi connectivity index (χ3n) is 7.52. The van der Waals surface area contributed by atoms with Crippen LogP contribution in [0.3, 0.4) is 0 Å². The Morgan fingerprint density at radius 2 is 1.71 bits per heavy atom. The SMILES string of the molecule is CC(C)(CS(=O)(=O)O)Oc1ccc(CC[C@@H]2[NH2+][B-]3(OC2=O)C2CCCC3CCC2)cc1. The summed E-state index contributed by atoms with van der Waals surface area (Å²) in [5.41, 5.74) is 0.0602. The predicted molar refractivity (Wildman–Crippen MR) is 119 cm³/mol. The fourth-order valence-electron chi connectivity index (χ4n) is 6.32. The molecule has 4 rings (SSSR count). The first kappa shape index (κ1) is 22.6. The quantitative estimate of drug-likeness (QED) is 0.488. The Balaban J connectivity index is 1.34. The Bertz CT molecular complexity index is 894. The molecule has 3 heterocycles. The largest absolute Gasteiger partial charge is 0.634 e. The molecule has 3 N–H and O–H groups in total. The van der Waals surface area contributed by atoms with E-state index in [0.29, 0.717) is 17.4 Å². The summed E-state index contributed by atoms with van der Waals surface area (Å²) in [5, 5.41) is 2.31. The van der Waals surface area contributed by atoms with Crippen molar-refractivity contribution >= 4 is 22.6 Å². The highest BCUT2D eigenvalue weighted by Crippen LogP contribution is 2.51. The van der Waals surface area contributed by atoms with Crippen molar-refractivity contribution in [3.8, 4) is 5.75 Å². The Morgan fingerprint density at radius 1 is 1.13 bits per heavy atom. The van der Waals surface area contributed by atoms with Gasteiger partial charge in [-0.05, 0) is 38.0 Å². The number of benzene rings is 1. The van der Waals surface area contributed by atoms with Gasteiger partial charge in [0.2, 0.25) is 0 Å². The highest BCUT2D eigenvalue weighted by molar-refractivity contribution is 7.85. The number of carbonyl (C=O) groups is 1. The van der Waals surface area contributed by atoms with Gasteiger partial charge in [0, 0.05) is 6.42 Å². The van der Waals surface area contributed by atoms with Crippen LogP contribution in [-0.4, -0.2) is 42.8 Å². The van der Waals surface area contributed by atoms with Crippen LogP contribution < -0.4 is 9.96 Å². The van der Waals surface area contributed by atoms with Crippen LogP contribution in [0.2, 0.25) is 11.6 Å². The van der Waals surface area contributed by atoms with E-state index < -0.39 is 28.0 Å². The molecule has 0 aromatic heterocycles. The van der Waals surface area contributed by atoms with E-state index >= 15 is 0 Å². The van der Waals surface area contributed by atoms with Crippen molar-refractivity contribution in [3.63, 3.8) is 0 Å². The molecule has 1 aromatic rings. The van der Waals surface area contributed by atoms with Crippen LogP contribution in [0.1, 0.15) is 64.4 Å². The molecule has 1 aromatic carbocycles. The number of aryl methyl sites for hydroxylation is 1. The highest BCUT2D eigenvalue weighted by Gasteiger charge is 2.59. The first-order chi connectivity index (χ1) is 14.6. The van der Waals surface area contributed by atoms with Crippen LogP contribution in [0.25, 0.3) is 0 Å². The number of hydrogen-bond donors (Lipinski definition) is 2. The number of carbonyl (C=O) groups excluding carboxylic acids is 1. The molecule has 7 nitrogen and oxygen atoms in total. The zero-order valence-electron chi connectivity index (χ0n) is 18.5. The van der Waals surface area contributed by atoms with Gasteiger partial charge in [-0.15, -0.1) is 0 Å². The lowest BCUT2D eigenvalue weighted by Gasteiger charge is -2.50. The van der Waals surface area contributed by atoms with Crippen molar-refractivity contribution in [3.05, 3.63) is 29.8 Å². The summed E-state index contributed by atoms with van der Waals surface area (Å²) in [6, 6.07) is 7.36. The fourth-order valence-corrected chi connectivity index (χ4v) is 7.26. The van der Waals surface area contributed by atoms with E-state index in [-0.39, 0.29) is 12.0 Å². The second-order valence-corrected chi connectivity index (χ2v) is 11.8. The van der Waals surface area contributed by atoms with E-state index in [9.17, 15) is 13.2 Å². The minimum absolute atomic E-state index is 0.0364. The molecule has 0 saturated carbocycles. The van der Waals surface area contributed by atoms with Crippen molar-refractivity contribution in [2.75, 3.05) is 5.75 Å². The smallest absolute Gasteiger partial charge is 0.389 e. The molecule has 172 valence electrons. The summed E-state index contributed by atoms with van der Waals surface area (Å²) in [5.74, 6) is 1.15. The van der Waals surface area contributed by atoms with Gasteiger partial charge < -0.3 is 14.6 Å². The minimum Gasteiger partial charge on any atom is -0.634 e. The van der Waals surface area contributed by atoms with Crippen LogP contribution >= 0.6 is 0 Å². The van der Waals surface area contributed by atoms with E-state index in [4.69, 9.17) is 13.9 Å². The van der Waals surface area contributed by atoms with Gasteiger partial charge >= 0.3 is 12.5 Å². The van der Waals surface area contributed by atoms with Crippen molar-refractivity contribution in [2.45, 2.75) is 88.5 Å². The number of quaternary nitrogens is 1. The maximum Gasteiger partial charge on any atom is 0.389 e. The number of hydrogen-bond acceptors (Lipinski definition) is 5. The molecule has 3 fully saturated rings. The van der Waals surface area contributed by atoms with Gasteiger partial charge in [-0.2, -0.15) is 8.42 Å². The molecule has 1 atom stereocenters. The van der Waals surface area contributed by atoms with Gasteiger partial charge in [0.1, 0.15) is 23.1 Å². The van der Waals surface area contributed by atoms with Gasteiger partial charge in [0.15, 0.2) is 0 Å². The van der Waals surface area contributed by atoms with Crippen LogP contribution in [-0.2, 0) is 26.0 Å². The summed E-state index contributed by atoms with van der Waals surface area (Å²) in [7, 11) is -4.12. The van der Waals surface area contributed by atoms with E-state index in [1.54, 1.807) is 26.0 Å². The fraction of sp³-hybridized carbons (Fsp3) is 0.682. The minimum atomic E-state index is -4.12. The molecule has 0 radical (unpaired) electrons. The zero-order chi connectivity index (χ0) is 22.3. The average Bonchev–Trinajstić information content (AvgIpc) is 2.94. The summed E-state index contributed by atoms with van der Waals surface area (Å²) < 4.78 is 43.2. The molecule has 0 unspecified atom stereocenters. The van der Waals surface area contributed by atoms with Crippen LogP contribution in [0.15, 0.2) is 24.3 Å². The molecule has 9 heteroatoms. The van der Waals surface area contributed by atoms with Gasteiger partial charge in [-0.1, -0.05) is 62.3 Å². The number of nitrogens with two attached hydrogens (primary N) is 1. The third kappa shape index (κ3) is 5.09. The molecule has 1 spiro atoms. The van der Waals surface area contributed by atoms with Gasteiger partial charge in [-0.25, -0.2) is 0 Å². The number of rotatable bonds is 7. The zero-order valence-corrected chi connectivity index (χ0v) is 19.3. The summed E-state index contributed by atoms with van der Waals surface area (Å²) in [6.45, 7) is 2.15. The van der Waals surface area contributed by atoms with Crippen molar-refractivity contribution in [1.29, 1.82) is 0 Å². The molecule has 3 saturated heterocycles. The van der Waals surface area contributed by atoms with Crippen LogP contribution in [0.5, 0.6) is 5.75 Å². The average molecular weight is 451 g/mol. The van der Waals surface area contributed by atoms with Crippen molar-refractivity contribution in [1.82, 2.24) is 0 Å². The molecule has 3 aliphatic rings. The van der Waals surface area contributed by atoms with Gasteiger partial charge in [-0.3, -0.25) is 9.35 Å². The summed E-state index contributed by atoms with van der Waals surface area (Å²) in [4.78, 5) is 12.7. The van der Waals surface area contributed by atoms with E-state index in [0.717, 1.165) is 18.4 Å². The number of ether oxygens (including phenoxy) is 1. The third-order valence-corrected chi connectivity index (χ3v) is 8.58. The van der Waals surface area contributed by atoms with E-state index in [1.165, 1.54) is 38.5 Å². The Labute approximate surface area is 185 Å². The lowest BCUT2D eigenvalue weighted by molar-refractivity contribution is -0.560. The van der Waals surface area contributed by atoms with Gasteiger partial charge in [0.05, 0.1) is 0 Å². The Morgan fingerprint density at radius 3 is 2.26 bits per heavy atom. The molecule has 3 aliphatic heterocycles. The first-order valence-corrected chi connectivity index (χ1v) is 13.2. The molecular formula is C22H34BNO6S. The Hall–Kier alpha value is -1.58. The predicted octanol–water partition coefficient (Wildman–Crippen LogP) is 2.70. The standard InChI is InChI=1S/C22H34BNO6S/c1-22(2,15-31(26,27)28)29-19-12-9-16(10-13-19)11-14-20-21(25)30-23(24-20)17-5-3-6-18(23)8-4-7-17/h9-10,12-13,17-18,20H,3-8,11,14-15,24H2,1-2H3,(H,26,27,28)/t17?,18?,20-,23?/m0/s1. The molecule has 0 aliphatic carbocycles. The maximum absolute atomic E-state index is 12.7. The van der Waals surface area contributed by atoms with Crippen molar-refractivity contribution in [2.24, 2.45) is 0 Å².